The predicted octanol–water partition coefficient (Wildman–Crippen LogP) is 4.66. The third kappa shape index (κ3) is 4.44. The van der Waals surface area contributed by atoms with Crippen LogP contribution in [0, 0.1) is 13.8 Å². The Labute approximate surface area is 188 Å². The zero-order chi connectivity index (χ0) is 23.1. The molecule has 0 radical (unpaired) electrons. The summed E-state index contributed by atoms with van der Waals surface area (Å²) in [7, 11) is 0. The number of hydrogen-bond acceptors (Lipinski definition) is 3. The van der Waals surface area contributed by atoms with Crippen molar-refractivity contribution in [2.24, 2.45) is 0 Å². The molecule has 1 heterocycles. The fourth-order valence-corrected chi connectivity index (χ4v) is 4.10. The molecule has 2 aromatic rings. The maximum atomic E-state index is 13.1. The number of nitrogens with zero attached hydrogens (tertiary/aromatic N) is 1. The van der Waals surface area contributed by atoms with E-state index in [-0.39, 0.29) is 5.41 Å². The molecule has 1 saturated heterocycles. The Kier molecular flexibility index (Phi) is 5.89. The lowest BCUT2D eigenvalue weighted by molar-refractivity contribution is -0.133. The third-order valence-corrected chi connectivity index (χ3v) is 5.90. The lowest BCUT2D eigenvalue weighted by Gasteiger charge is -2.24. The van der Waals surface area contributed by atoms with Gasteiger partial charge in [0.1, 0.15) is 12.1 Å². The van der Waals surface area contributed by atoms with Crippen LogP contribution < -0.4 is 10.6 Å². The molecule has 1 atom stereocenters. The van der Waals surface area contributed by atoms with E-state index in [0.717, 1.165) is 21.6 Å². The normalized spacial score (nSPS) is 18.9. The Morgan fingerprint density at radius 1 is 1.13 bits per heavy atom. The summed E-state index contributed by atoms with van der Waals surface area (Å²) >= 11 is 6.25. The summed E-state index contributed by atoms with van der Waals surface area (Å²) in [6, 6.07) is 10.6. The van der Waals surface area contributed by atoms with Crippen molar-refractivity contribution in [3.63, 3.8) is 0 Å². The maximum Gasteiger partial charge on any atom is 0.325 e. The minimum absolute atomic E-state index is 0.0259. The van der Waals surface area contributed by atoms with Crippen LogP contribution in [0.2, 0.25) is 5.02 Å². The number of rotatable bonds is 4. The molecule has 6 nitrogen and oxygen atoms in total. The molecule has 0 saturated carbocycles. The highest BCUT2D eigenvalue weighted by atomic mass is 35.5. The van der Waals surface area contributed by atoms with Gasteiger partial charge in [-0.1, -0.05) is 62.7 Å². The lowest BCUT2D eigenvalue weighted by atomic mass is 9.84. The number of nitrogens with one attached hydrogen (secondary N) is 2. The molecule has 7 heteroatoms. The van der Waals surface area contributed by atoms with Crippen molar-refractivity contribution in [1.82, 2.24) is 10.2 Å². The molecule has 2 N–H and O–H groups in total. The molecule has 0 aromatic heterocycles. The Balaban J connectivity index is 1.78. The SMILES string of the molecule is Cc1cc(C)c(NC(=O)CN2C(=O)NC(C)(c3ccc(C(C)(C)C)cc3)C2=O)c(Cl)c1. The third-order valence-electron chi connectivity index (χ3n) is 5.60. The van der Waals surface area contributed by atoms with Gasteiger partial charge in [0.2, 0.25) is 5.91 Å². The number of carbonyl (C=O) groups is 3. The molecule has 4 amide bonds. The molecule has 0 bridgehead atoms. The van der Waals surface area contributed by atoms with Gasteiger partial charge in [0.05, 0.1) is 10.7 Å². The summed E-state index contributed by atoms with van der Waals surface area (Å²) in [5.74, 6) is -0.965. The van der Waals surface area contributed by atoms with Gasteiger partial charge in [0.15, 0.2) is 0 Å². The molecule has 0 spiro atoms. The second-order valence-corrected chi connectivity index (χ2v) is 9.67. The summed E-state index contributed by atoms with van der Waals surface area (Å²) in [5.41, 5.74) is 2.79. The van der Waals surface area contributed by atoms with Crippen molar-refractivity contribution >= 4 is 35.1 Å². The van der Waals surface area contributed by atoms with Crippen LogP contribution in [0.1, 0.15) is 49.9 Å². The number of aryl methyl sites for hydroxylation is 2. The number of urea groups is 1. The van der Waals surface area contributed by atoms with Gasteiger partial charge < -0.3 is 10.6 Å². The fourth-order valence-electron chi connectivity index (χ4n) is 3.74. The molecular formula is C24H28ClN3O3. The molecule has 2 aromatic carbocycles. The summed E-state index contributed by atoms with van der Waals surface area (Å²) in [6.07, 6.45) is 0. The number of halogens is 1. The first kappa shape index (κ1) is 22.8. The van der Waals surface area contributed by atoms with E-state index >= 15 is 0 Å². The standard InChI is InChI=1S/C24H28ClN3O3/c1-14-11-15(2)20(18(25)12-14)26-19(29)13-28-21(30)24(6,27-22(28)31)17-9-7-16(8-10-17)23(3,4)5/h7-12H,13H2,1-6H3,(H,26,29)(H,27,31). The molecule has 1 aliphatic heterocycles. The van der Waals surface area contributed by atoms with Crippen LogP contribution in [0.15, 0.2) is 36.4 Å². The average Bonchev–Trinajstić information content (AvgIpc) is 2.88. The quantitative estimate of drug-likeness (QED) is 0.677. The van der Waals surface area contributed by atoms with Gasteiger partial charge >= 0.3 is 6.03 Å². The van der Waals surface area contributed by atoms with Gasteiger partial charge in [-0.3, -0.25) is 14.5 Å². The lowest BCUT2D eigenvalue weighted by Crippen LogP contribution is -2.42. The van der Waals surface area contributed by atoms with E-state index in [1.165, 1.54) is 0 Å². The van der Waals surface area contributed by atoms with Crippen LogP contribution in [-0.2, 0) is 20.5 Å². The number of hydrogen-bond donors (Lipinski definition) is 2. The van der Waals surface area contributed by atoms with Gasteiger partial charge in [-0.15, -0.1) is 0 Å². The summed E-state index contributed by atoms with van der Waals surface area (Å²) < 4.78 is 0. The molecule has 0 aliphatic carbocycles. The fraction of sp³-hybridized carbons (Fsp3) is 0.375. The largest absolute Gasteiger partial charge is 0.325 e. The van der Waals surface area contributed by atoms with E-state index in [9.17, 15) is 14.4 Å². The highest BCUT2D eigenvalue weighted by molar-refractivity contribution is 6.34. The van der Waals surface area contributed by atoms with Crippen molar-refractivity contribution in [3.05, 3.63) is 63.7 Å². The van der Waals surface area contributed by atoms with E-state index in [1.807, 2.05) is 44.2 Å². The molecule has 1 unspecified atom stereocenters. The Morgan fingerprint density at radius 2 is 1.74 bits per heavy atom. The minimum atomic E-state index is -1.23. The first-order chi connectivity index (χ1) is 14.3. The number of imide groups is 1. The number of amides is 4. The Bertz CT molecular complexity index is 1030. The predicted molar refractivity (Wildman–Crippen MR) is 122 cm³/mol. The number of carbonyl (C=O) groups excluding carboxylic acids is 3. The second-order valence-electron chi connectivity index (χ2n) is 9.26. The molecule has 31 heavy (non-hydrogen) atoms. The highest BCUT2D eigenvalue weighted by Gasteiger charge is 2.49. The zero-order valence-electron chi connectivity index (χ0n) is 18.7. The van der Waals surface area contributed by atoms with Crippen LogP contribution in [0.5, 0.6) is 0 Å². The summed E-state index contributed by atoms with van der Waals surface area (Å²) in [5, 5.41) is 5.86. The van der Waals surface area contributed by atoms with Gasteiger partial charge in [0, 0.05) is 0 Å². The molecular weight excluding hydrogens is 414 g/mol. The van der Waals surface area contributed by atoms with Crippen molar-refractivity contribution < 1.29 is 14.4 Å². The van der Waals surface area contributed by atoms with Crippen LogP contribution in [0.3, 0.4) is 0 Å². The average molecular weight is 442 g/mol. The summed E-state index contributed by atoms with van der Waals surface area (Å²) in [4.78, 5) is 39.2. The summed E-state index contributed by atoms with van der Waals surface area (Å²) in [6.45, 7) is 11.3. The van der Waals surface area contributed by atoms with Gasteiger partial charge in [0.25, 0.3) is 5.91 Å². The van der Waals surface area contributed by atoms with Gasteiger partial charge in [-0.25, -0.2) is 4.79 Å². The Hall–Kier alpha value is -2.86. The van der Waals surface area contributed by atoms with E-state index in [4.69, 9.17) is 11.6 Å². The number of benzene rings is 2. The molecule has 164 valence electrons. The van der Waals surface area contributed by atoms with Gasteiger partial charge in [-0.05, 0) is 54.5 Å². The first-order valence-electron chi connectivity index (χ1n) is 10.1. The minimum Gasteiger partial charge on any atom is -0.323 e. The van der Waals surface area contributed by atoms with Crippen LogP contribution in [0.25, 0.3) is 0 Å². The first-order valence-corrected chi connectivity index (χ1v) is 10.5. The Morgan fingerprint density at radius 3 is 2.29 bits per heavy atom. The van der Waals surface area contributed by atoms with Crippen molar-refractivity contribution in [2.75, 3.05) is 11.9 Å². The highest BCUT2D eigenvalue weighted by Crippen LogP contribution is 2.31. The maximum absolute atomic E-state index is 13.1. The van der Waals surface area contributed by atoms with Crippen LogP contribution >= 0.6 is 11.6 Å². The smallest absolute Gasteiger partial charge is 0.323 e. The van der Waals surface area contributed by atoms with Crippen molar-refractivity contribution in [3.8, 4) is 0 Å². The molecule has 1 aliphatic rings. The van der Waals surface area contributed by atoms with E-state index < -0.39 is 29.9 Å². The molecule has 3 rings (SSSR count). The van der Waals surface area contributed by atoms with Crippen LogP contribution in [0.4, 0.5) is 10.5 Å². The van der Waals surface area contributed by atoms with Crippen molar-refractivity contribution in [2.45, 2.75) is 52.5 Å². The monoisotopic (exact) mass is 441 g/mol. The van der Waals surface area contributed by atoms with E-state index in [2.05, 4.69) is 31.4 Å². The second kappa shape index (κ2) is 8.00. The molecule has 1 fully saturated rings. The number of anilines is 1. The van der Waals surface area contributed by atoms with E-state index in [0.29, 0.717) is 16.3 Å². The topological polar surface area (TPSA) is 78.5 Å². The van der Waals surface area contributed by atoms with Crippen LogP contribution in [-0.4, -0.2) is 29.3 Å². The zero-order valence-corrected chi connectivity index (χ0v) is 19.5. The van der Waals surface area contributed by atoms with Gasteiger partial charge in [-0.2, -0.15) is 0 Å². The van der Waals surface area contributed by atoms with Crippen molar-refractivity contribution in [1.29, 1.82) is 0 Å². The van der Waals surface area contributed by atoms with E-state index in [1.54, 1.807) is 13.0 Å².